The first-order chi connectivity index (χ1) is 3.41. The van der Waals surface area contributed by atoms with Crippen LogP contribution in [0.15, 0.2) is 0 Å². The van der Waals surface area contributed by atoms with Gasteiger partial charge in [0.1, 0.15) is 0 Å². The zero-order valence-corrected chi connectivity index (χ0v) is 13.5. The van der Waals surface area contributed by atoms with E-state index in [0.29, 0.717) is 0 Å². The monoisotopic (exact) mass is 279 g/mol. The maximum absolute atomic E-state index is 4.83. The molecule has 0 unspecified atom stereocenters. The van der Waals surface area contributed by atoms with Crippen molar-refractivity contribution in [2.24, 2.45) is 0 Å². The molecular weight excluding hydrogens is 261 g/mol. The summed E-state index contributed by atoms with van der Waals surface area (Å²) in [7, 11) is 0. The molecule has 0 fully saturated rings. The van der Waals surface area contributed by atoms with Crippen molar-refractivity contribution in [1.82, 2.24) is 0 Å². The van der Waals surface area contributed by atoms with Crippen molar-refractivity contribution < 1.29 is 43.4 Å². The van der Waals surface area contributed by atoms with E-state index in [-0.39, 0.29) is 112 Å². The predicted molar refractivity (Wildman–Crippen MR) is 71.3 cm³/mol. The first kappa shape index (κ1) is 92.2. The molecule has 0 bridgehead atoms. The molecule has 84 valence electrons. The third-order valence-electron chi connectivity index (χ3n) is 0.408. The fourth-order valence-electron chi connectivity index (χ4n) is 0.204. The second-order valence-corrected chi connectivity index (χ2v) is 0.781. The molecule has 0 N–H and O–H groups in total. The normalized spacial score (nSPS) is 3.12. The Bertz CT molecular complexity index is 50.0. The summed E-state index contributed by atoms with van der Waals surface area (Å²) in [4.78, 5) is 0. The molecule has 1 nitrogen and oxygen atoms in total. The van der Waals surface area contributed by atoms with Crippen molar-refractivity contribution >= 4 is 89.5 Å². The van der Waals surface area contributed by atoms with E-state index in [1.54, 1.807) is 0 Å². The molecule has 0 aromatic heterocycles. The Kier molecular flexibility index (Phi) is 771. The number of hydrogen-bond donors (Lipinski definition) is 0. The van der Waals surface area contributed by atoms with Crippen molar-refractivity contribution in [1.29, 1.82) is 0 Å². The van der Waals surface area contributed by atoms with E-state index in [1.165, 1.54) is 0 Å². The molecule has 0 saturated heterocycles. The van der Waals surface area contributed by atoms with Crippen molar-refractivity contribution in [3.63, 3.8) is 0 Å². The molecule has 16 heavy (non-hydrogen) atoms. The third kappa shape index (κ3) is 157. The quantitative estimate of drug-likeness (QED) is 0.457. The fourth-order valence-corrected chi connectivity index (χ4v) is 0.204. The van der Waals surface area contributed by atoms with Gasteiger partial charge in [-0.2, -0.15) is 0 Å². The Hall–Kier alpha value is 3.52. The summed E-state index contributed by atoms with van der Waals surface area (Å²) < 4.78 is 4.83. The Balaban J connectivity index is -0.00000000200. The molecule has 0 rings (SSSR count). The van der Waals surface area contributed by atoms with Crippen LogP contribution in [0, 0.1) is 0 Å². The summed E-state index contributed by atoms with van der Waals surface area (Å²) >= 11 is 4.00. The smallest absolute Gasteiger partial charge is 2.00 e. The Morgan fingerprint density at radius 2 is 1.00 bits per heavy atom. The molecule has 0 saturated carbocycles. The van der Waals surface area contributed by atoms with Gasteiger partial charge < -0.3 is 62.2 Å². The van der Waals surface area contributed by atoms with E-state index >= 15 is 0 Å². The summed E-state index contributed by atoms with van der Waals surface area (Å²) in [5.74, 6) is 0. The van der Waals surface area contributed by atoms with Crippen LogP contribution in [0.4, 0.5) is 0 Å². The zero-order valence-electron chi connectivity index (χ0n) is 10.8. The third-order valence-corrected chi connectivity index (χ3v) is 0.408. The van der Waals surface area contributed by atoms with Crippen LogP contribution in [-0.2, 0) is 4.74 Å². The number of hydrogen-bond acceptors (Lipinski definition) is 1. The van der Waals surface area contributed by atoms with Crippen LogP contribution in [0.1, 0.15) is 30.1 Å². The van der Waals surface area contributed by atoms with E-state index in [1.807, 2.05) is 44.6 Å². The number of ether oxygens (including phenoxy) is 1. The second-order valence-electron chi connectivity index (χ2n) is 0.781. The molecule has 10 heteroatoms. The number of halogens is 3. The fraction of sp³-hybridized carbons (Fsp3) is 1.00. The van der Waals surface area contributed by atoms with E-state index in [0.717, 1.165) is 13.2 Å². The Morgan fingerprint density at radius 3 is 1.00 bits per heavy atom. The molecule has 0 heterocycles. The SMILES string of the molecule is C.C.CCOCC.[B].[B].[Cl-].[Cl-].[Cl-].[H-].[Li-].[Li][Li].[Mg+2]. The van der Waals surface area contributed by atoms with Gasteiger partial charge in [-0.15, -0.1) is 0 Å². The summed E-state index contributed by atoms with van der Waals surface area (Å²) in [6, 6.07) is 0. The average molecular weight is 280 g/mol. The minimum atomic E-state index is 0. The van der Waals surface area contributed by atoms with Crippen LogP contribution in [0.2, 0.25) is 0 Å². The molecule has 0 aromatic rings. The van der Waals surface area contributed by atoms with Crippen LogP contribution < -0.4 is 37.2 Å². The molecule has 8 radical (unpaired) electrons. The van der Waals surface area contributed by atoms with Crippen molar-refractivity contribution in [3.05, 3.63) is 0 Å². The summed E-state index contributed by atoms with van der Waals surface area (Å²) in [6.45, 7) is 5.67. The van der Waals surface area contributed by atoms with Gasteiger partial charge in [0.2, 0.25) is 0 Å². The average Bonchev–Trinajstić information content (AvgIpc) is 1.75. The van der Waals surface area contributed by atoms with Gasteiger partial charge in [-0.05, 0) is 13.8 Å². The molecule has 0 amide bonds. The molecule has 0 atom stereocenters. The summed E-state index contributed by atoms with van der Waals surface area (Å²) in [5.41, 5.74) is 0. The van der Waals surface area contributed by atoms with E-state index in [4.69, 9.17) is 4.74 Å². The van der Waals surface area contributed by atoms with Gasteiger partial charge in [-0.3, -0.25) is 0 Å². The van der Waals surface area contributed by atoms with Gasteiger partial charge in [0.15, 0.2) is 0 Å². The largest absolute Gasteiger partial charge is 2.00 e. The van der Waals surface area contributed by atoms with Crippen LogP contribution in [-0.4, -0.2) is 103 Å². The van der Waals surface area contributed by atoms with Crippen molar-refractivity contribution in [2.45, 2.75) is 28.7 Å². The van der Waals surface area contributed by atoms with E-state index in [2.05, 4.69) is 0 Å². The van der Waals surface area contributed by atoms with Gasteiger partial charge in [0.25, 0.3) is 0 Å². The Morgan fingerprint density at radius 1 is 0.875 bits per heavy atom. The van der Waals surface area contributed by atoms with Gasteiger partial charge >= 0.3 is 53.8 Å². The molecule has 0 aliphatic carbocycles. The van der Waals surface area contributed by atoms with E-state index in [9.17, 15) is 0 Å². The van der Waals surface area contributed by atoms with Gasteiger partial charge in [-0.25, -0.2) is 0 Å². The predicted octanol–water partition coefficient (Wildman–Crippen LogP) is -8.85. The first-order valence-electron chi connectivity index (χ1n) is 2.99. The minimum Gasteiger partial charge on any atom is 2.00 e. The molecular formula is C6H19B2Cl3Li3MgO-3. The zero-order chi connectivity index (χ0) is 6.12. The van der Waals surface area contributed by atoms with Gasteiger partial charge in [0.05, 0.1) is 0 Å². The van der Waals surface area contributed by atoms with Crippen molar-refractivity contribution in [3.8, 4) is 0 Å². The second kappa shape index (κ2) is 134. The van der Waals surface area contributed by atoms with Crippen LogP contribution in [0.3, 0.4) is 0 Å². The van der Waals surface area contributed by atoms with Crippen molar-refractivity contribution in [2.75, 3.05) is 13.2 Å². The van der Waals surface area contributed by atoms with Gasteiger partial charge in [0, 0.05) is 30.0 Å². The topological polar surface area (TPSA) is 9.23 Å². The molecule has 0 aliphatic heterocycles. The molecule has 0 aromatic carbocycles. The molecule has 0 aliphatic rings. The first-order valence-corrected chi connectivity index (χ1v) is 2.99. The summed E-state index contributed by atoms with van der Waals surface area (Å²) in [6.07, 6.45) is 0. The van der Waals surface area contributed by atoms with Gasteiger partial charge in [-0.1, -0.05) is 14.9 Å². The number of rotatable bonds is 2. The maximum atomic E-state index is 4.83. The van der Waals surface area contributed by atoms with Crippen LogP contribution in [0.5, 0.6) is 0 Å². The standard InChI is InChI=1S/C4H10O.2CH4.2B.3ClH.3Li.Mg.H/c1-3-5-4-2;;;;;;;;;;;;/h3-4H2,1-2H3;2*1H4;;;3*1H;;;;;/q;;;;;;;;;;-1;+2;-1/p-3. The van der Waals surface area contributed by atoms with Crippen LogP contribution in [0.25, 0.3) is 0 Å². The summed E-state index contributed by atoms with van der Waals surface area (Å²) in [5, 5.41) is 0. The van der Waals surface area contributed by atoms with E-state index < -0.39 is 0 Å². The van der Waals surface area contributed by atoms with Crippen LogP contribution >= 0.6 is 0 Å². The maximum Gasteiger partial charge on any atom is 2.00 e. The minimum absolute atomic E-state index is 0. The Labute approximate surface area is 173 Å². The molecule has 0 spiro atoms.